The quantitative estimate of drug-likeness (QED) is 0.738. The molecule has 0 spiro atoms. The molecule has 3 heteroatoms. The van der Waals surface area contributed by atoms with Crippen LogP contribution >= 0.6 is 0 Å². The van der Waals surface area contributed by atoms with Crippen molar-refractivity contribution in [2.45, 2.75) is 58.2 Å². The van der Waals surface area contributed by atoms with Crippen molar-refractivity contribution in [2.75, 3.05) is 14.1 Å². The maximum Gasteiger partial charge on any atom is 0.250 e. The third-order valence-corrected chi connectivity index (χ3v) is 3.52. The van der Waals surface area contributed by atoms with Crippen molar-refractivity contribution in [1.82, 2.24) is 4.90 Å². The molecule has 1 aliphatic rings. The number of likely N-dealkylation sites (N-methyl/N-ethyl adjacent to an activating group) is 1. The van der Waals surface area contributed by atoms with E-state index >= 15 is 0 Å². The highest BCUT2D eigenvalue weighted by atomic mass is 16.5. The minimum Gasteiger partial charge on any atom is -0.365 e. The summed E-state index contributed by atoms with van der Waals surface area (Å²) in [6.45, 7) is 3.96. The van der Waals surface area contributed by atoms with Crippen LogP contribution in [0, 0.1) is 5.92 Å². The van der Waals surface area contributed by atoms with E-state index in [0.717, 1.165) is 0 Å². The third kappa shape index (κ3) is 3.78. The van der Waals surface area contributed by atoms with Crippen molar-refractivity contribution in [3.8, 4) is 0 Å². The average Bonchev–Trinajstić information content (AvgIpc) is 2.28. The molecule has 1 rings (SSSR count). The highest BCUT2D eigenvalue weighted by Gasteiger charge is 2.25. The summed E-state index contributed by atoms with van der Waals surface area (Å²) in [5.41, 5.74) is 0. The van der Waals surface area contributed by atoms with Gasteiger partial charge in [-0.2, -0.15) is 0 Å². The van der Waals surface area contributed by atoms with Gasteiger partial charge in [-0.05, 0) is 32.6 Å². The maximum atomic E-state index is 11.7. The molecule has 1 amide bonds. The molecule has 0 aromatic heterocycles. The lowest BCUT2D eigenvalue weighted by Crippen LogP contribution is -2.37. The molecule has 0 aromatic carbocycles. The van der Waals surface area contributed by atoms with E-state index in [4.69, 9.17) is 4.74 Å². The molecule has 16 heavy (non-hydrogen) atoms. The number of hydrogen-bond donors (Lipinski definition) is 0. The SMILES string of the molecule is CC(OC(C)C1CCCCC1)C(=O)N(C)C. The molecule has 0 radical (unpaired) electrons. The number of ether oxygens (including phenoxy) is 1. The highest BCUT2D eigenvalue weighted by Crippen LogP contribution is 2.28. The Hall–Kier alpha value is -0.570. The van der Waals surface area contributed by atoms with Gasteiger partial charge < -0.3 is 9.64 Å². The van der Waals surface area contributed by atoms with E-state index < -0.39 is 0 Å². The van der Waals surface area contributed by atoms with E-state index in [1.165, 1.54) is 32.1 Å². The molecule has 0 aliphatic heterocycles. The summed E-state index contributed by atoms with van der Waals surface area (Å²) in [6, 6.07) is 0. The van der Waals surface area contributed by atoms with Crippen molar-refractivity contribution in [3.63, 3.8) is 0 Å². The lowest BCUT2D eigenvalue weighted by atomic mass is 9.86. The summed E-state index contributed by atoms with van der Waals surface area (Å²) >= 11 is 0. The number of rotatable bonds is 4. The first-order valence-electron chi connectivity index (χ1n) is 6.39. The van der Waals surface area contributed by atoms with Gasteiger partial charge in [-0.1, -0.05) is 19.3 Å². The molecule has 2 unspecified atom stereocenters. The normalized spacial score (nSPS) is 21.5. The second-order valence-electron chi connectivity index (χ2n) is 5.11. The molecule has 1 fully saturated rings. The van der Waals surface area contributed by atoms with Crippen LogP contribution in [-0.4, -0.2) is 37.1 Å². The van der Waals surface area contributed by atoms with Crippen LogP contribution in [0.4, 0.5) is 0 Å². The average molecular weight is 227 g/mol. The van der Waals surface area contributed by atoms with Gasteiger partial charge in [0.2, 0.25) is 0 Å². The second-order valence-corrected chi connectivity index (χ2v) is 5.11. The first-order valence-corrected chi connectivity index (χ1v) is 6.39. The van der Waals surface area contributed by atoms with Crippen LogP contribution in [0.25, 0.3) is 0 Å². The van der Waals surface area contributed by atoms with Crippen LogP contribution in [0.3, 0.4) is 0 Å². The van der Waals surface area contributed by atoms with Gasteiger partial charge in [0.25, 0.3) is 5.91 Å². The smallest absolute Gasteiger partial charge is 0.250 e. The lowest BCUT2D eigenvalue weighted by Gasteiger charge is -2.30. The van der Waals surface area contributed by atoms with Gasteiger partial charge in [0, 0.05) is 14.1 Å². The fraction of sp³-hybridized carbons (Fsp3) is 0.923. The summed E-state index contributed by atoms with van der Waals surface area (Å²) in [5, 5.41) is 0. The fourth-order valence-corrected chi connectivity index (χ4v) is 2.46. The van der Waals surface area contributed by atoms with Crippen molar-refractivity contribution in [2.24, 2.45) is 5.92 Å². The Labute approximate surface area is 99.1 Å². The van der Waals surface area contributed by atoms with Crippen molar-refractivity contribution < 1.29 is 9.53 Å². The Morgan fingerprint density at radius 3 is 2.25 bits per heavy atom. The first kappa shape index (κ1) is 13.5. The van der Waals surface area contributed by atoms with Crippen molar-refractivity contribution >= 4 is 5.91 Å². The maximum absolute atomic E-state index is 11.7. The molecule has 0 aromatic rings. The standard InChI is InChI=1S/C13H25NO2/c1-10(12-8-6-5-7-9-12)16-11(2)13(15)14(3)4/h10-12H,5-9H2,1-4H3. The van der Waals surface area contributed by atoms with E-state index in [1.54, 1.807) is 19.0 Å². The van der Waals surface area contributed by atoms with Crippen molar-refractivity contribution in [3.05, 3.63) is 0 Å². The summed E-state index contributed by atoms with van der Waals surface area (Å²) < 4.78 is 5.82. The molecule has 0 bridgehead atoms. The van der Waals surface area contributed by atoms with Crippen LogP contribution in [0.2, 0.25) is 0 Å². The Balaban J connectivity index is 2.37. The Morgan fingerprint density at radius 1 is 1.19 bits per heavy atom. The largest absolute Gasteiger partial charge is 0.365 e. The van der Waals surface area contributed by atoms with E-state index in [2.05, 4.69) is 6.92 Å². The topological polar surface area (TPSA) is 29.5 Å². The van der Waals surface area contributed by atoms with Crippen molar-refractivity contribution in [1.29, 1.82) is 0 Å². The monoisotopic (exact) mass is 227 g/mol. The van der Waals surface area contributed by atoms with Crippen LogP contribution in [0.15, 0.2) is 0 Å². The molecule has 0 heterocycles. The van der Waals surface area contributed by atoms with Gasteiger partial charge in [-0.25, -0.2) is 0 Å². The predicted molar refractivity (Wildman–Crippen MR) is 65.3 cm³/mol. The number of carbonyl (C=O) groups is 1. The molecular formula is C13H25NO2. The zero-order valence-corrected chi connectivity index (χ0v) is 11.0. The summed E-state index contributed by atoms with van der Waals surface area (Å²) in [7, 11) is 3.54. The number of amides is 1. The van der Waals surface area contributed by atoms with Gasteiger partial charge >= 0.3 is 0 Å². The molecule has 0 N–H and O–H groups in total. The summed E-state index contributed by atoms with van der Waals surface area (Å²) in [4.78, 5) is 13.3. The molecule has 3 nitrogen and oxygen atoms in total. The van der Waals surface area contributed by atoms with Crippen LogP contribution in [0.5, 0.6) is 0 Å². The van der Waals surface area contributed by atoms with Gasteiger partial charge in [-0.15, -0.1) is 0 Å². The predicted octanol–water partition coefficient (Wildman–Crippen LogP) is 2.45. The number of nitrogens with zero attached hydrogens (tertiary/aromatic N) is 1. The van der Waals surface area contributed by atoms with Gasteiger partial charge in [0.1, 0.15) is 6.10 Å². The van der Waals surface area contributed by atoms with E-state index in [0.29, 0.717) is 5.92 Å². The zero-order chi connectivity index (χ0) is 12.1. The van der Waals surface area contributed by atoms with Gasteiger partial charge in [-0.3, -0.25) is 4.79 Å². The van der Waals surface area contributed by atoms with Crippen LogP contribution in [0.1, 0.15) is 46.0 Å². The fourth-order valence-electron chi connectivity index (χ4n) is 2.46. The minimum atomic E-state index is -0.313. The highest BCUT2D eigenvalue weighted by molar-refractivity contribution is 5.79. The summed E-state index contributed by atoms with van der Waals surface area (Å²) in [5.74, 6) is 0.703. The van der Waals surface area contributed by atoms with Gasteiger partial charge in [0.05, 0.1) is 6.10 Å². The summed E-state index contributed by atoms with van der Waals surface area (Å²) in [6.07, 6.45) is 6.39. The number of hydrogen-bond acceptors (Lipinski definition) is 2. The Bertz CT molecular complexity index is 222. The molecule has 94 valence electrons. The molecule has 1 aliphatic carbocycles. The Kier molecular flexibility index (Phi) is 5.26. The molecular weight excluding hydrogens is 202 g/mol. The van der Waals surface area contributed by atoms with Crippen LogP contribution in [-0.2, 0) is 9.53 Å². The van der Waals surface area contributed by atoms with Gasteiger partial charge in [0.15, 0.2) is 0 Å². The third-order valence-electron chi connectivity index (χ3n) is 3.52. The first-order chi connectivity index (χ1) is 7.52. The second kappa shape index (κ2) is 6.24. The van der Waals surface area contributed by atoms with E-state index in [1.807, 2.05) is 6.92 Å². The Morgan fingerprint density at radius 2 is 1.75 bits per heavy atom. The zero-order valence-electron chi connectivity index (χ0n) is 11.0. The molecule has 1 saturated carbocycles. The number of carbonyl (C=O) groups excluding carboxylic acids is 1. The van der Waals surface area contributed by atoms with E-state index in [9.17, 15) is 4.79 Å². The van der Waals surface area contributed by atoms with E-state index in [-0.39, 0.29) is 18.1 Å². The molecule has 2 atom stereocenters. The molecule has 0 saturated heterocycles. The van der Waals surface area contributed by atoms with Crippen LogP contribution < -0.4 is 0 Å². The minimum absolute atomic E-state index is 0.0580. The lowest BCUT2D eigenvalue weighted by molar-refractivity contribution is -0.145.